The van der Waals surface area contributed by atoms with Gasteiger partial charge in [0.2, 0.25) is 11.8 Å². The molecule has 1 aromatic carbocycles. The molecule has 0 saturated carbocycles. The average molecular weight is 309 g/mol. The molecule has 1 aliphatic rings. The highest BCUT2D eigenvalue weighted by Gasteiger charge is 2.28. The maximum absolute atomic E-state index is 5.90. The minimum Gasteiger partial charge on any atom is -0.468 e. The molecule has 5 nitrogen and oxygen atoms in total. The smallest absolute Gasteiger partial charge is 0.247 e. The zero-order chi connectivity index (χ0) is 15.6. The molecular formula is C18H19N3O2. The fourth-order valence-corrected chi connectivity index (χ4v) is 3.01. The fourth-order valence-electron chi connectivity index (χ4n) is 3.01. The summed E-state index contributed by atoms with van der Waals surface area (Å²) in [6.07, 6.45) is 2.75. The Morgan fingerprint density at radius 2 is 2.04 bits per heavy atom. The molecule has 0 spiro atoms. The largest absolute Gasteiger partial charge is 0.468 e. The van der Waals surface area contributed by atoms with Crippen molar-refractivity contribution in [2.24, 2.45) is 0 Å². The van der Waals surface area contributed by atoms with E-state index in [9.17, 15) is 0 Å². The lowest BCUT2D eigenvalue weighted by Gasteiger charge is -2.12. The van der Waals surface area contributed by atoms with Crippen LogP contribution < -0.4 is 0 Å². The van der Waals surface area contributed by atoms with E-state index in [0.29, 0.717) is 11.8 Å². The van der Waals surface area contributed by atoms with Gasteiger partial charge >= 0.3 is 0 Å². The van der Waals surface area contributed by atoms with E-state index in [1.54, 1.807) is 6.26 Å². The second-order valence-electron chi connectivity index (χ2n) is 6.11. The van der Waals surface area contributed by atoms with Gasteiger partial charge in [0.15, 0.2) is 0 Å². The van der Waals surface area contributed by atoms with Gasteiger partial charge in [-0.3, -0.25) is 4.90 Å². The third-order valence-electron chi connectivity index (χ3n) is 4.32. The number of nitrogens with zero attached hydrogens (tertiary/aromatic N) is 3. The summed E-state index contributed by atoms with van der Waals surface area (Å²) in [5, 5.41) is 8.47. The summed E-state index contributed by atoms with van der Waals surface area (Å²) < 4.78 is 11.3. The number of aryl methyl sites for hydroxylation is 1. The number of furan rings is 1. The first-order valence-electron chi connectivity index (χ1n) is 7.93. The Morgan fingerprint density at radius 1 is 1.17 bits per heavy atom. The first kappa shape index (κ1) is 14.2. The summed E-state index contributed by atoms with van der Waals surface area (Å²) in [4.78, 5) is 2.36. The second kappa shape index (κ2) is 6.01. The second-order valence-corrected chi connectivity index (χ2v) is 6.11. The molecule has 1 fully saturated rings. The first-order valence-corrected chi connectivity index (χ1v) is 7.93. The summed E-state index contributed by atoms with van der Waals surface area (Å²) in [6, 6.07) is 12.1. The van der Waals surface area contributed by atoms with Gasteiger partial charge in [-0.2, -0.15) is 0 Å². The van der Waals surface area contributed by atoms with Crippen molar-refractivity contribution in [2.75, 3.05) is 13.1 Å². The number of likely N-dealkylation sites (tertiary alicyclic amines) is 1. The fraction of sp³-hybridized carbons (Fsp3) is 0.333. The Balaban J connectivity index is 1.44. The Hall–Kier alpha value is -2.40. The highest BCUT2D eigenvalue weighted by Crippen LogP contribution is 2.29. The van der Waals surface area contributed by atoms with Crippen LogP contribution in [-0.2, 0) is 6.54 Å². The number of benzene rings is 1. The average Bonchev–Trinajstić information content (AvgIpc) is 3.29. The molecule has 0 amide bonds. The van der Waals surface area contributed by atoms with Gasteiger partial charge in [0.05, 0.1) is 18.7 Å². The molecule has 1 saturated heterocycles. The zero-order valence-corrected chi connectivity index (χ0v) is 13.1. The predicted octanol–water partition coefficient (Wildman–Crippen LogP) is 3.63. The van der Waals surface area contributed by atoms with Crippen molar-refractivity contribution in [2.45, 2.75) is 25.8 Å². The van der Waals surface area contributed by atoms with Crippen LogP contribution in [0.25, 0.3) is 11.5 Å². The summed E-state index contributed by atoms with van der Waals surface area (Å²) in [5.41, 5.74) is 2.19. The normalized spacial score (nSPS) is 18.6. The number of aromatic nitrogens is 2. The quantitative estimate of drug-likeness (QED) is 0.736. The molecule has 0 unspecified atom stereocenters. The van der Waals surface area contributed by atoms with Crippen molar-refractivity contribution >= 4 is 0 Å². The predicted molar refractivity (Wildman–Crippen MR) is 85.8 cm³/mol. The van der Waals surface area contributed by atoms with Crippen molar-refractivity contribution in [1.82, 2.24) is 15.1 Å². The molecule has 0 radical (unpaired) electrons. The van der Waals surface area contributed by atoms with E-state index in [1.165, 1.54) is 5.56 Å². The maximum Gasteiger partial charge on any atom is 0.247 e. The number of hydrogen-bond donors (Lipinski definition) is 0. The Morgan fingerprint density at radius 3 is 2.83 bits per heavy atom. The number of rotatable bonds is 4. The lowest BCUT2D eigenvalue weighted by Crippen LogP contribution is -2.19. The summed E-state index contributed by atoms with van der Waals surface area (Å²) in [5.74, 6) is 2.64. The molecule has 23 heavy (non-hydrogen) atoms. The van der Waals surface area contributed by atoms with Crippen LogP contribution in [0.2, 0.25) is 0 Å². The highest BCUT2D eigenvalue weighted by atomic mass is 16.4. The van der Waals surface area contributed by atoms with E-state index in [4.69, 9.17) is 8.83 Å². The Kier molecular flexibility index (Phi) is 3.71. The van der Waals surface area contributed by atoms with E-state index in [2.05, 4.69) is 34.2 Å². The van der Waals surface area contributed by atoms with Crippen molar-refractivity contribution in [3.8, 4) is 11.5 Å². The van der Waals surface area contributed by atoms with Crippen LogP contribution in [0.3, 0.4) is 0 Å². The molecule has 4 rings (SSSR count). The van der Waals surface area contributed by atoms with E-state index in [0.717, 1.165) is 43.3 Å². The van der Waals surface area contributed by atoms with Gasteiger partial charge in [-0.05, 0) is 44.2 Å². The zero-order valence-electron chi connectivity index (χ0n) is 13.1. The molecule has 0 bridgehead atoms. The highest BCUT2D eigenvalue weighted by molar-refractivity contribution is 5.52. The van der Waals surface area contributed by atoms with E-state index in [-0.39, 0.29) is 0 Å². The Bertz CT molecular complexity index is 762. The Labute approximate surface area is 134 Å². The van der Waals surface area contributed by atoms with Crippen LogP contribution in [-0.4, -0.2) is 28.2 Å². The molecular weight excluding hydrogens is 290 g/mol. The molecule has 1 atom stereocenters. The SMILES string of the molecule is Cc1ccc(-c2nnc([C@H]3CCN(Cc4ccco4)C3)o2)cc1. The van der Waals surface area contributed by atoms with Crippen LogP contribution in [0.1, 0.15) is 29.6 Å². The molecule has 2 aromatic heterocycles. The minimum atomic E-state index is 0.302. The molecule has 0 aliphatic carbocycles. The van der Waals surface area contributed by atoms with Crippen LogP contribution >= 0.6 is 0 Å². The van der Waals surface area contributed by atoms with Gasteiger partial charge in [0.1, 0.15) is 5.76 Å². The van der Waals surface area contributed by atoms with Gasteiger partial charge in [0, 0.05) is 12.1 Å². The molecule has 3 aromatic rings. The minimum absolute atomic E-state index is 0.302. The van der Waals surface area contributed by atoms with Crippen LogP contribution in [0.4, 0.5) is 0 Å². The third-order valence-corrected chi connectivity index (χ3v) is 4.32. The van der Waals surface area contributed by atoms with Crippen molar-refractivity contribution in [1.29, 1.82) is 0 Å². The molecule has 5 heteroatoms. The molecule has 3 heterocycles. The lowest BCUT2D eigenvalue weighted by atomic mass is 10.1. The van der Waals surface area contributed by atoms with Gasteiger partial charge in [-0.25, -0.2) is 0 Å². The summed E-state index contributed by atoms with van der Waals surface area (Å²) >= 11 is 0. The van der Waals surface area contributed by atoms with Gasteiger partial charge in [-0.1, -0.05) is 17.7 Å². The molecule has 118 valence electrons. The van der Waals surface area contributed by atoms with Crippen LogP contribution in [0, 0.1) is 6.92 Å². The molecule has 1 aliphatic heterocycles. The maximum atomic E-state index is 5.90. The first-order chi connectivity index (χ1) is 11.3. The monoisotopic (exact) mass is 309 g/mol. The van der Waals surface area contributed by atoms with E-state index >= 15 is 0 Å². The molecule has 0 N–H and O–H groups in total. The van der Waals surface area contributed by atoms with Crippen LogP contribution in [0.15, 0.2) is 51.5 Å². The van der Waals surface area contributed by atoms with Crippen molar-refractivity contribution < 1.29 is 8.83 Å². The summed E-state index contributed by atoms with van der Waals surface area (Å²) in [7, 11) is 0. The van der Waals surface area contributed by atoms with Gasteiger partial charge < -0.3 is 8.83 Å². The van der Waals surface area contributed by atoms with Gasteiger partial charge in [0.25, 0.3) is 0 Å². The van der Waals surface area contributed by atoms with E-state index in [1.807, 2.05) is 24.3 Å². The van der Waals surface area contributed by atoms with Crippen molar-refractivity contribution in [3.05, 3.63) is 59.9 Å². The van der Waals surface area contributed by atoms with Crippen molar-refractivity contribution in [3.63, 3.8) is 0 Å². The number of hydrogen-bond acceptors (Lipinski definition) is 5. The van der Waals surface area contributed by atoms with Gasteiger partial charge in [-0.15, -0.1) is 10.2 Å². The van der Waals surface area contributed by atoms with Crippen LogP contribution in [0.5, 0.6) is 0 Å². The lowest BCUT2D eigenvalue weighted by molar-refractivity contribution is 0.290. The summed E-state index contributed by atoms with van der Waals surface area (Å²) in [6.45, 7) is 4.85. The topological polar surface area (TPSA) is 55.3 Å². The van der Waals surface area contributed by atoms with E-state index < -0.39 is 0 Å². The third kappa shape index (κ3) is 3.05. The standard InChI is InChI=1S/C18H19N3O2/c1-13-4-6-14(7-5-13)17-19-20-18(23-17)15-8-9-21(11-15)12-16-3-2-10-22-16/h2-7,10,15H,8-9,11-12H2,1H3/t15-/m0/s1.